The summed E-state index contributed by atoms with van der Waals surface area (Å²) in [5, 5.41) is 11.6. The Hall–Kier alpha value is -2.24. The van der Waals surface area contributed by atoms with E-state index in [0.29, 0.717) is 0 Å². The first kappa shape index (κ1) is 15.8. The maximum absolute atomic E-state index is 11.6. The van der Waals surface area contributed by atoms with Crippen LogP contribution in [0.15, 0.2) is 24.3 Å². The maximum Gasteiger partial charge on any atom is 0.408 e. The molecule has 1 aromatic carbocycles. The summed E-state index contributed by atoms with van der Waals surface area (Å²) in [6.45, 7) is 5.18. The summed E-state index contributed by atoms with van der Waals surface area (Å²) in [5.74, 6) is -0.520. The average Bonchev–Trinajstić information content (AvgIpc) is 2.28. The lowest BCUT2D eigenvalue weighted by atomic mass is 10.1. The number of benzene rings is 1. The van der Waals surface area contributed by atoms with E-state index in [-0.39, 0.29) is 12.2 Å². The number of carbonyl (C=O) groups excluding carboxylic acids is 2. The van der Waals surface area contributed by atoms with Crippen molar-refractivity contribution in [1.29, 1.82) is 0 Å². The Labute approximate surface area is 117 Å². The van der Waals surface area contributed by atoms with Crippen LogP contribution in [-0.4, -0.2) is 28.7 Å². The SMILES string of the molecule is CC(C)(C)OC(=O)NC(Cc1ccc(O)cc1)C(N)=O. The number of ether oxygens (including phenoxy) is 1. The molecular weight excluding hydrogens is 260 g/mol. The molecule has 110 valence electrons. The molecule has 1 unspecified atom stereocenters. The number of amides is 2. The number of primary amides is 1. The van der Waals surface area contributed by atoms with Crippen LogP contribution in [0.1, 0.15) is 26.3 Å². The second-order valence-corrected chi connectivity index (χ2v) is 5.47. The predicted octanol–water partition coefficient (Wildman–Crippen LogP) is 1.31. The molecule has 0 spiro atoms. The molecule has 0 saturated carbocycles. The van der Waals surface area contributed by atoms with Gasteiger partial charge in [-0.25, -0.2) is 4.79 Å². The first-order valence-electron chi connectivity index (χ1n) is 6.24. The molecule has 2 amide bonds. The van der Waals surface area contributed by atoms with Crippen LogP contribution in [0.25, 0.3) is 0 Å². The van der Waals surface area contributed by atoms with Gasteiger partial charge in [-0.15, -0.1) is 0 Å². The minimum atomic E-state index is -0.866. The fourth-order valence-electron chi connectivity index (χ4n) is 1.54. The van der Waals surface area contributed by atoms with Gasteiger partial charge in [-0.2, -0.15) is 0 Å². The third kappa shape index (κ3) is 5.60. The highest BCUT2D eigenvalue weighted by atomic mass is 16.6. The topological polar surface area (TPSA) is 102 Å². The van der Waals surface area contributed by atoms with Crippen molar-refractivity contribution in [2.45, 2.75) is 38.8 Å². The molecular formula is C14H20N2O4. The molecule has 0 bridgehead atoms. The zero-order valence-corrected chi connectivity index (χ0v) is 11.8. The fraction of sp³-hybridized carbons (Fsp3) is 0.429. The highest BCUT2D eigenvalue weighted by molar-refractivity contribution is 5.84. The number of hydrogen-bond donors (Lipinski definition) is 3. The molecule has 0 aromatic heterocycles. The Morgan fingerprint density at radius 3 is 2.30 bits per heavy atom. The van der Waals surface area contributed by atoms with Crippen molar-refractivity contribution >= 4 is 12.0 Å². The summed E-state index contributed by atoms with van der Waals surface area (Å²) >= 11 is 0. The summed E-state index contributed by atoms with van der Waals surface area (Å²) in [4.78, 5) is 23.0. The van der Waals surface area contributed by atoms with E-state index in [1.165, 1.54) is 12.1 Å². The summed E-state index contributed by atoms with van der Waals surface area (Å²) < 4.78 is 5.08. The van der Waals surface area contributed by atoms with Crippen LogP contribution >= 0.6 is 0 Å². The van der Waals surface area contributed by atoms with E-state index < -0.39 is 23.6 Å². The lowest BCUT2D eigenvalue weighted by Crippen LogP contribution is -2.47. The summed E-state index contributed by atoms with van der Waals surface area (Å²) in [6.07, 6.45) is -0.463. The molecule has 1 rings (SSSR count). The Balaban J connectivity index is 2.68. The Kier molecular flexibility index (Phi) is 4.96. The molecule has 0 aliphatic carbocycles. The highest BCUT2D eigenvalue weighted by Gasteiger charge is 2.22. The third-order valence-corrected chi connectivity index (χ3v) is 2.41. The van der Waals surface area contributed by atoms with Crippen molar-refractivity contribution in [3.05, 3.63) is 29.8 Å². The monoisotopic (exact) mass is 280 g/mol. The van der Waals surface area contributed by atoms with Gasteiger partial charge in [0, 0.05) is 6.42 Å². The van der Waals surface area contributed by atoms with Gasteiger partial charge in [0.05, 0.1) is 0 Å². The normalized spacial score (nSPS) is 12.6. The van der Waals surface area contributed by atoms with Gasteiger partial charge in [0.1, 0.15) is 17.4 Å². The van der Waals surface area contributed by atoms with Crippen LogP contribution in [-0.2, 0) is 16.0 Å². The first-order valence-corrected chi connectivity index (χ1v) is 6.24. The van der Waals surface area contributed by atoms with Gasteiger partial charge in [-0.1, -0.05) is 12.1 Å². The highest BCUT2D eigenvalue weighted by Crippen LogP contribution is 2.12. The van der Waals surface area contributed by atoms with E-state index >= 15 is 0 Å². The van der Waals surface area contributed by atoms with Gasteiger partial charge in [-0.05, 0) is 38.5 Å². The molecule has 0 saturated heterocycles. The van der Waals surface area contributed by atoms with Crippen molar-refractivity contribution < 1.29 is 19.4 Å². The molecule has 1 aromatic rings. The van der Waals surface area contributed by atoms with Gasteiger partial charge in [0.25, 0.3) is 0 Å². The Morgan fingerprint density at radius 1 is 1.30 bits per heavy atom. The van der Waals surface area contributed by atoms with Crippen LogP contribution in [0.3, 0.4) is 0 Å². The zero-order valence-electron chi connectivity index (χ0n) is 11.8. The minimum Gasteiger partial charge on any atom is -0.508 e. The molecule has 6 heteroatoms. The number of hydrogen-bond acceptors (Lipinski definition) is 4. The number of nitrogens with one attached hydrogen (secondary N) is 1. The lowest BCUT2D eigenvalue weighted by Gasteiger charge is -2.22. The number of aromatic hydroxyl groups is 1. The molecule has 20 heavy (non-hydrogen) atoms. The van der Waals surface area contributed by atoms with E-state index in [9.17, 15) is 14.7 Å². The number of phenolic OH excluding ortho intramolecular Hbond substituents is 1. The number of carbonyl (C=O) groups is 2. The number of phenols is 1. The summed E-state index contributed by atoms with van der Waals surface area (Å²) in [5.41, 5.74) is 5.39. The summed E-state index contributed by atoms with van der Waals surface area (Å²) in [6, 6.07) is 5.45. The standard InChI is InChI=1S/C14H20N2O4/c1-14(2,3)20-13(19)16-11(12(15)18)8-9-4-6-10(17)7-5-9/h4-7,11,17H,8H2,1-3H3,(H2,15,18)(H,16,19). The molecule has 0 aliphatic heterocycles. The van der Waals surface area contributed by atoms with Crippen LogP contribution in [0, 0.1) is 0 Å². The van der Waals surface area contributed by atoms with E-state index in [0.717, 1.165) is 5.56 Å². The second kappa shape index (κ2) is 6.27. The van der Waals surface area contributed by atoms with Crippen molar-refractivity contribution in [3.63, 3.8) is 0 Å². The Bertz CT molecular complexity index is 477. The van der Waals surface area contributed by atoms with Gasteiger partial charge in [0.2, 0.25) is 5.91 Å². The van der Waals surface area contributed by atoms with Crippen LogP contribution in [0.5, 0.6) is 5.75 Å². The second-order valence-electron chi connectivity index (χ2n) is 5.47. The van der Waals surface area contributed by atoms with Gasteiger partial charge < -0.3 is 20.9 Å². The lowest BCUT2D eigenvalue weighted by molar-refractivity contribution is -0.120. The maximum atomic E-state index is 11.6. The molecule has 0 fully saturated rings. The van der Waals surface area contributed by atoms with E-state index in [1.54, 1.807) is 32.9 Å². The van der Waals surface area contributed by atoms with Crippen LogP contribution in [0.4, 0.5) is 4.79 Å². The quantitative estimate of drug-likeness (QED) is 0.774. The predicted molar refractivity (Wildman–Crippen MR) is 74.2 cm³/mol. The molecule has 6 nitrogen and oxygen atoms in total. The third-order valence-electron chi connectivity index (χ3n) is 2.41. The Morgan fingerprint density at radius 2 is 1.85 bits per heavy atom. The molecule has 0 heterocycles. The van der Waals surface area contributed by atoms with Gasteiger partial charge in [-0.3, -0.25) is 4.79 Å². The molecule has 1 atom stereocenters. The van der Waals surface area contributed by atoms with Crippen molar-refractivity contribution in [2.75, 3.05) is 0 Å². The average molecular weight is 280 g/mol. The van der Waals surface area contributed by atoms with Crippen molar-refractivity contribution in [1.82, 2.24) is 5.32 Å². The number of rotatable bonds is 4. The van der Waals surface area contributed by atoms with E-state index in [2.05, 4.69) is 5.32 Å². The van der Waals surface area contributed by atoms with E-state index in [1.807, 2.05) is 0 Å². The smallest absolute Gasteiger partial charge is 0.408 e. The van der Waals surface area contributed by atoms with Gasteiger partial charge >= 0.3 is 6.09 Å². The first-order chi connectivity index (χ1) is 9.17. The summed E-state index contributed by atoms with van der Waals surface area (Å²) in [7, 11) is 0. The number of alkyl carbamates (subject to hydrolysis) is 1. The van der Waals surface area contributed by atoms with E-state index in [4.69, 9.17) is 10.5 Å². The largest absolute Gasteiger partial charge is 0.508 e. The number of nitrogens with two attached hydrogens (primary N) is 1. The van der Waals surface area contributed by atoms with Gasteiger partial charge in [0.15, 0.2) is 0 Å². The van der Waals surface area contributed by atoms with Crippen molar-refractivity contribution in [3.8, 4) is 5.75 Å². The molecule has 0 radical (unpaired) electrons. The zero-order chi connectivity index (χ0) is 15.3. The van der Waals surface area contributed by atoms with Crippen LogP contribution in [0.2, 0.25) is 0 Å². The fourth-order valence-corrected chi connectivity index (χ4v) is 1.54. The minimum absolute atomic E-state index is 0.129. The van der Waals surface area contributed by atoms with Crippen LogP contribution < -0.4 is 11.1 Å². The van der Waals surface area contributed by atoms with Crippen molar-refractivity contribution in [2.24, 2.45) is 5.73 Å². The molecule has 0 aliphatic rings. The molecule has 4 N–H and O–H groups in total.